The van der Waals surface area contributed by atoms with Crippen molar-refractivity contribution in [3.8, 4) is 0 Å². The highest BCUT2D eigenvalue weighted by molar-refractivity contribution is 6.88. The van der Waals surface area contributed by atoms with E-state index in [-0.39, 0.29) is 11.9 Å². The number of carbonyl (C=O) groups is 2. The third kappa shape index (κ3) is 4.48. The fraction of sp³-hybridized carbons (Fsp3) is 0.667. The van der Waals surface area contributed by atoms with Gasteiger partial charge in [0, 0.05) is 17.2 Å². The highest BCUT2D eigenvalue weighted by Crippen LogP contribution is 2.39. The van der Waals surface area contributed by atoms with Crippen LogP contribution in [0.2, 0.25) is 39.3 Å². The van der Waals surface area contributed by atoms with Gasteiger partial charge >= 0.3 is 11.9 Å². The average molecular weight is 367 g/mol. The predicted molar refractivity (Wildman–Crippen MR) is 101 cm³/mol. The SMILES string of the molecule is C[Si](C)(C)OC(=O)/C(=C1\C(=O)OC2=C1CCCCCC2)[Si](C)(C)C. The van der Waals surface area contributed by atoms with Crippen LogP contribution in [0.3, 0.4) is 0 Å². The number of carbonyl (C=O) groups excluding carboxylic acids is 2. The third-order valence-electron chi connectivity index (χ3n) is 4.24. The number of hydrogen-bond acceptors (Lipinski definition) is 4. The molecule has 2 rings (SSSR count). The summed E-state index contributed by atoms with van der Waals surface area (Å²) in [5, 5.41) is 0.612. The van der Waals surface area contributed by atoms with Crippen molar-refractivity contribution < 1.29 is 18.8 Å². The Bertz CT molecular complexity index is 603. The van der Waals surface area contributed by atoms with Gasteiger partial charge in [0.2, 0.25) is 8.32 Å². The molecule has 2 aliphatic rings. The van der Waals surface area contributed by atoms with Crippen molar-refractivity contribution in [3.05, 3.63) is 22.1 Å². The predicted octanol–water partition coefficient (Wildman–Crippen LogP) is 4.70. The topological polar surface area (TPSA) is 52.6 Å². The van der Waals surface area contributed by atoms with Crippen LogP contribution < -0.4 is 0 Å². The summed E-state index contributed by atoms with van der Waals surface area (Å²) in [5.74, 6) is 0.161. The molecule has 0 atom stereocenters. The van der Waals surface area contributed by atoms with Gasteiger partial charge in [-0.1, -0.05) is 32.5 Å². The maximum absolute atomic E-state index is 12.9. The number of allylic oxidation sites excluding steroid dienone is 1. The molecule has 0 N–H and O–H groups in total. The second-order valence-corrected chi connectivity index (χ2v) is 18.1. The molecular formula is C18H30O4Si2. The molecule has 0 saturated heterocycles. The van der Waals surface area contributed by atoms with E-state index in [0.717, 1.165) is 37.0 Å². The van der Waals surface area contributed by atoms with Crippen LogP contribution in [0.5, 0.6) is 0 Å². The standard InChI is InChI=1S/C18H30O4Si2/c1-23(2,3)16(18(20)22-24(4,5)6)15-13-11-9-7-8-10-12-14(13)21-17(15)19/h7-12H2,1-6H3/b16-15+. The van der Waals surface area contributed by atoms with Crippen molar-refractivity contribution in [1.29, 1.82) is 0 Å². The zero-order chi connectivity index (χ0) is 18.1. The lowest BCUT2D eigenvalue weighted by Crippen LogP contribution is -2.38. The van der Waals surface area contributed by atoms with Gasteiger partial charge in [0.1, 0.15) is 5.76 Å². The zero-order valence-electron chi connectivity index (χ0n) is 15.9. The first-order valence-electron chi connectivity index (χ1n) is 8.93. The van der Waals surface area contributed by atoms with Gasteiger partial charge in [0.25, 0.3) is 0 Å². The minimum absolute atomic E-state index is 0.295. The van der Waals surface area contributed by atoms with Crippen LogP contribution in [0.25, 0.3) is 0 Å². The molecule has 1 heterocycles. The van der Waals surface area contributed by atoms with E-state index in [1.54, 1.807) is 0 Å². The van der Waals surface area contributed by atoms with Crippen LogP contribution in [0.15, 0.2) is 22.1 Å². The number of hydrogen-bond donors (Lipinski definition) is 0. The van der Waals surface area contributed by atoms with Gasteiger partial charge < -0.3 is 9.16 Å². The summed E-state index contributed by atoms with van der Waals surface area (Å²) in [7, 11) is -4.10. The molecule has 0 aromatic rings. The summed E-state index contributed by atoms with van der Waals surface area (Å²) >= 11 is 0. The van der Waals surface area contributed by atoms with Crippen molar-refractivity contribution in [1.82, 2.24) is 0 Å². The average Bonchev–Trinajstić information content (AvgIpc) is 2.62. The van der Waals surface area contributed by atoms with Crippen molar-refractivity contribution in [3.63, 3.8) is 0 Å². The molecular weight excluding hydrogens is 336 g/mol. The first-order valence-corrected chi connectivity index (χ1v) is 15.8. The Morgan fingerprint density at radius 1 is 0.958 bits per heavy atom. The van der Waals surface area contributed by atoms with Crippen molar-refractivity contribution in [2.24, 2.45) is 0 Å². The fourth-order valence-electron chi connectivity index (χ4n) is 3.26. The molecule has 1 aliphatic heterocycles. The fourth-order valence-corrected chi connectivity index (χ4v) is 5.69. The highest BCUT2D eigenvalue weighted by atomic mass is 28.4. The molecule has 134 valence electrons. The first kappa shape index (κ1) is 19.2. The van der Waals surface area contributed by atoms with Crippen LogP contribution in [0, 0.1) is 0 Å². The Balaban J connectivity index is 2.55. The van der Waals surface area contributed by atoms with Crippen molar-refractivity contribution >= 4 is 28.3 Å². The van der Waals surface area contributed by atoms with Crippen LogP contribution in [-0.4, -0.2) is 28.3 Å². The van der Waals surface area contributed by atoms with Gasteiger partial charge in [-0.3, -0.25) is 0 Å². The van der Waals surface area contributed by atoms with Crippen molar-refractivity contribution in [2.75, 3.05) is 0 Å². The lowest BCUT2D eigenvalue weighted by molar-refractivity contribution is -0.135. The van der Waals surface area contributed by atoms with E-state index in [9.17, 15) is 9.59 Å². The maximum Gasteiger partial charge on any atom is 0.343 e. The summed E-state index contributed by atoms with van der Waals surface area (Å²) in [4.78, 5) is 25.6. The third-order valence-corrected chi connectivity index (χ3v) is 6.99. The second-order valence-electron chi connectivity index (χ2n) is 8.71. The minimum Gasteiger partial charge on any atom is -0.517 e. The number of rotatable bonds is 3. The zero-order valence-corrected chi connectivity index (χ0v) is 17.9. The second kappa shape index (κ2) is 7.00. The van der Waals surface area contributed by atoms with E-state index in [0.29, 0.717) is 10.8 Å². The summed E-state index contributed by atoms with van der Waals surface area (Å²) in [6.45, 7) is 12.3. The molecule has 24 heavy (non-hydrogen) atoms. The number of ether oxygens (including phenoxy) is 1. The molecule has 0 saturated carbocycles. The molecule has 4 nitrogen and oxygen atoms in total. The first-order chi connectivity index (χ1) is 11.0. The smallest absolute Gasteiger partial charge is 0.343 e. The summed E-state index contributed by atoms with van der Waals surface area (Å²) in [6, 6.07) is 0. The van der Waals surface area contributed by atoms with Crippen LogP contribution in [0.4, 0.5) is 0 Å². The molecule has 0 aromatic heterocycles. The summed E-state index contributed by atoms with van der Waals surface area (Å²) in [5.41, 5.74) is 1.51. The molecule has 0 aromatic carbocycles. The van der Waals surface area contributed by atoms with E-state index in [1.807, 2.05) is 19.6 Å². The van der Waals surface area contributed by atoms with E-state index < -0.39 is 16.4 Å². The Morgan fingerprint density at radius 2 is 1.54 bits per heavy atom. The van der Waals surface area contributed by atoms with Gasteiger partial charge in [-0.2, -0.15) is 0 Å². The van der Waals surface area contributed by atoms with Crippen molar-refractivity contribution in [2.45, 2.75) is 77.8 Å². The Hall–Kier alpha value is -1.15. The molecule has 0 amide bonds. The summed E-state index contributed by atoms with van der Waals surface area (Å²) < 4.78 is 11.3. The number of esters is 1. The van der Waals surface area contributed by atoms with E-state index >= 15 is 0 Å². The van der Waals surface area contributed by atoms with Gasteiger partial charge in [-0.05, 0) is 38.9 Å². The maximum atomic E-state index is 12.9. The highest BCUT2D eigenvalue weighted by Gasteiger charge is 2.41. The van der Waals surface area contributed by atoms with Gasteiger partial charge in [0.15, 0.2) is 0 Å². The Kier molecular flexibility index (Phi) is 5.59. The van der Waals surface area contributed by atoms with Gasteiger partial charge in [0.05, 0.1) is 13.6 Å². The molecule has 0 unspecified atom stereocenters. The quantitative estimate of drug-likeness (QED) is 0.412. The minimum atomic E-state index is -2.07. The van der Waals surface area contributed by atoms with Crippen LogP contribution in [-0.2, 0) is 18.8 Å². The largest absolute Gasteiger partial charge is 0.517 e. The summed E-state index contributed by atoms with van der Waals surface area (Å²) in [6.07, 6.45) is 6.05. The van der Waals surface area contributed by atoms with E-state index in [1.165, 1.54) is 12.8 Å². The normalized spacial score (nSPS) is 21.7. The molecule has 0 spiro atoms. The van der Waals surface area contributed by atoms with Crippen LogP contribution in [0.1, 0.15) is 38.5 Å². The van der Waals surface area contributed by atoms with Crippen LogP contribution >= 0.6 is 0 Å². The Labute approximate surface area is 147 Å². The van der Waals surface area contributed by atoms with Gasteiger partial charge in [-0.25, -0.2) is 9.59 Å². The molecule has 0 fully saturated rings. The lowest BCUT2D eigenvalue weighted by atomic mass is 9.94. The monoisotopic (exact) mass is 366 g/mol. The van der Waals surface area contributed by atoms with Gasteiger partial charge in [-0.15, -0.1) is 0 Å². The lowest BCUT2D eigenvalue weighted by Gasteiger charge is -2.26. The molecule has 0 bridgehead atoms. The molecule has 0 radical (unpaired) electrons. The van der Waals surface area contributed by atoms with E-state index in [2.05, 4.69) is 19.6 Å². The molecule has 6 heteroatoms. The molecule has 1 aliphatic carbocycles. The Morgan fingerprint density at radius 3 is 2.08 bits per heavy atom. The van der Waals surface area contributed by atoms with E-state index in [4.69, 9.17) is 9.16 Å².